The van der Waals surface area contributed by atoms with Crippen LogP contribution in [0.15, 0.2) is 24.0 Å². The Balaban J connectivity index is 1.31. The molecule has 0 spiro atoms. The molecule has 1 nitrogen and oxygen atoms in total. The molecule has 0 amide bonds. The van der Waals surface area contributed by atoms with Gasteiger partial charge < -0.3 is 4.74 Å². The highest BCUT2D eigenvalue weighted by molar-refractivity contribution is 5.29. The fourth-order valence-electron chi connectivity index (χ4n) is 5.67. The molecule has 4 rings (SSSR count). The van der Waals surface area contributed by atoms with Gasteiger partial charge in [0.25, 0.3) is 0 Å². The van der Waals surface area contributed by atoms with Crippen molar-refractivity contribution in [3.05, 3.63) is 46.7 Å². The molecule has 3 aliphatic rings. The Kier molecular flexibility index (Phi) is 6.08. The van der Waals surface area contributed by atoms with Crippen LogP contribution in [0.1, 0.15) is 88.2 Å². The summed E-state index contributed by atoms with van der Waals surface area (Å²) < 4.78 is 34.5. The molecule has 1 aromatic carbocycles. The molecule has 2 fully saturated rings. The van der Waals surface area contributed by atoms with E-state index in [0.29, 0.717) is 23.1 Å². The summed E-state index contributed by atoms with van der Waals surface area (Å²) in [7, 11) is 0. The van der Waals surface area contributed by atoms with Gasteiger partial charge in [0.05, 0.1) is 6.26 Å². The number of hydrogen-bond donors (Lipinski definition) is 0. The van der Waals surface area contributed by atoms with Crippen molar-refractivity contribution >= 4 is 0 Å². The van der Waals surface area contributed by atoms with Crippen molar-refractivity contribution in [1.29, 1.82) is 0 Å². The van der Waals surface area contributed by atoms with Crippen molar-refractivity contribution in [1.82, 2.24) is 0 Å². The largest absolute Gasteiger partial charge is 0.498 e. The van der Waals surface area contributed by atoms with Crippen LogP contribution in [0.5, 0.6) is 0 Å². The van der Waals surface area contributed by atoms with Gasteiger partial charge in [0, 0.05) is 0 Å². The van der Waals surface area contributed by atoms with Crippen LogP contribution in [-0.4, -0.2) is 6.10 Å². The fraction of sp³-hybridized carbons (Fsp3) is 0.680. The van der Waals surface area contributed by atoms with Crippen LogP contribution in [0.3, 0.4) is 0 Å². The van der Waals surface area contributed by atoms with E-state index in [0.717, 1.165) is 50.4 Å². The van der Waals surface area contributed by atoms with E-state index in [4.69, 9.17) is 4.74 Å². The average molecular weight is 389 g/mol. The molecule has 1 aromatic rings. The summed E-state index contributed by atoms with van der Waals surface area (Å²) in [5, 5.41) is 0. The number of hydrogen-bond acceptors (Lipinski definition) is 1. The lowest BCUT2D eigenvalue weighted by atomic mass is 9.73. The van der Waals surface area contributed by atoms with Gasteiger partial charge in [0.15, 0.2) is 11.6 Å². The van der Waals surface area contributed by atoms with Crippen molar-refractivity contribution in [2.24, 2.45) is 17.8 Å². The second-order valence-corrected chi connectivity index (χ2v) is 9.57. The SMILES string of the molecule is Cc1ccc(C2CCC(C3=COC(C4CCC(C)CC4)CC3)CC2)c(F)c1F. The second kappa shape index (κ2) is 8.55. The quantitative estimate of drug-likeness (QED) is 0.523. The minimum absolute atomic E-state index is 0.147. The van der Waals surface area contributed by atoms with Crippen molar-refractivity contribution in [2.45, 2.75) is 90.1 Å². The lowest BCUT2D eigenvalue weighted by molar-refractivity contribution is 0.0384. The standard InChI is InChI=1S/C25H34F2O/c1-16-3-6-20(7-4-16)23-14-12-21(15-28-23)18-8-10-19(11-9-18)22-13-5-17(2)24(26)25(22)27/h5,13,15-16,18-20,23H,3-4,6-12,14H2,1-2H3. The highest BCUT2D eigenvalue weighted by Crippen LogP contribution is 2.43. The van der Waals surface area contributed by atoms with E-state index in [2.05, 4.69) is 13.2 Å². The molecule has 2 saturated carbocycles. The Hall–Kier alpha value is -1.38. The number of allylic oxidation sites excluding steroid dienone is 1. The third-order valence-corrected chi connectivity index (χ3v) is 7.69. The smallest absolute Gasteiger partial charge is 0.162 e. The number of benzene rings is 1. The van der Waals surface area contributed by atoms with Gasteiger partial charge in [-0.1, -0.05) is 31.9 Å². The first kappa shape index (κ1) is 19.9. The molecule has 0 radical (unpaired) electrons. The summed E-state index contributed by atoms with van der Waals surface area (Å²) in [6, 6.07) is 3.50. The summed E-state index contributed by atoms with van der Waals surface area (Å²) in [6.07, 6.45) is 14.1. The van der Waals surface area contributed by atoms with E-state index >= 15 is 0 Å². The second-order valence-electron chi connectivity index (χ2n) is 9.57. The monoisotopic (exact) mass is 388 g/mol. The van der Waals surface area contributed by atoms with E-state index in [1.54, 1.807) is 19.1 Å². The van der Waals surface area contributed by atoms with Crippen LogP contribution >= 0.6 is 0 Å². The zero-order valence-corrected chi connectivity index (χ0v) is 17.4. The molecule has 0 aromatic heterocycles. The third kappa shape index (κ3) is 4.14. The molecule has 1 heterocycles. The fourth-order valence-corrected chi connectivity index (χ4v) is 5.67. The number of ether oxygens (including phenoxy) is 1. The van der Waals surface area contributed by atoms with Crippen LogP contribution < -0.4 is 0 Å². The van der Waals surface area contributed by atoms with Crippen molar-refractivity contribution in [3.8, 4) is 0 Å². The van der Waals surface area contributed by atoms with Crippen LogP contribution in [0.2, 0.25) is 0 Å². The van der Waals surface area contributed by atoms with Crippen molar-refractivity contribution in [3.63, 3.8) is 0 Å². The summed E-state index contributed by atoms with van der Waals surface area (Å²) in [6.45, 7) is 3.99. The maximum atomic E-state index is 14.3. The van der Waals surface area contributed by atoms with Crippen LogP contribution in [0.25, 0.3) is 0 Å². The number of halogens is 2. The first-order chi connectivity index (χ1) is 13.5. The van der Waals surface area contributed by atoms with Gasteiger partial charge >= 0.3 is 0 Å². The summed E-state index contributed by atoms with van der Waals surface area (Å²) in [4.78, 5) is 0. The predicted octanol–water partition coefficient (Wildman–Crippen LogP) is 7.44. The minimum atomic E-state index is -0.675. The lowest BCUT2D eigenvalue weighted by Crippen LogP contribution is -2.29. The maximum absolute atomic E-state index is 14.3. The van der Waals surface area contributed by atoms with E-state index in [-0.39, 0.29) is 5.92 Å². The van der Waals surface area contributed by atoms with Crippen LogP contribution in [0.4, 0.5) is 8.78 Å². The van der Waals surface area contributed by atoms with E-state index in [1.165, 1.54) is 31.3 Å². The summed E-state index contributed by atoms with van der Waals surface area (Å²) in [5.74, 6) is 1.02. The van der Waals surface area contributed by atoms with Crippen molar-refractivity contribution < 1.29 is 13.5 Å². The average Bonchev–Trinajstić information content (AvgIpc) is 2.73. The molecule has 0 bridgehead atoms. The van der Waals surface area contributed by atoms with Gasteiger partial charge in [0.2, 0.25) is 0 Å². The van der Waals surface area contributed by atoms with E-state index in [1.807, 2.05) is 0 Å². The molecule has 1 unspecified atom stereocenters. The van der Waals surface area contributed by atoms with Gasteiger partial charge in [-0.25, -0.2) is 8.78 Å². The minimum Gasteiger partial charge on any atom is -0.498 e. The topological polar surface area (TPSA) is 9.23 Å². The molecule has 0 saturated heterocycles. The van der Waals surface area contributed by atoms with Gasteiger partial charge in [0.1, 0.15) is 6.10 Å². The highest BCUT2D eigenvalue weighted by Gasteiger charge is 2.32. The van der Waals surface area contributed by atoms with Gasteiger partial charge in [-0.3, -0.25) is 0 Å². The zero-order chi connectivity index (χ0) is 19.7. The van der Waals surface area contributed by atoms with Gasteiger partial charge in [-0.05, 0) is 98.7 Å². The Morgan fingerprint density at radius 2 is 1.50 bits per heavy atom. The molecule has 154 valence electrons. The Bertz CT molecular complexity index is 710. The van der Waals surface area contributed by atoms with Crippen LogP contribution in [-0.2, 0) is 4.74 Å². The first-order valence-corrected chi connectivity index (χ1v) is 11.3. The summed E-state index contributed by atoms with van der Waals surface area (Å²) >= 11 is 0. The van der Waals surface area contributed by atoms with E-state index in [9.17, 15) is 8.78 Å². The Morgan fingerprint density at radius 1 is 0.821 bits per heavy atom. The van der Waals surface area contributed by atoms with Gasteiger partial charge in [-0.2, -0.15) is 0 Å². The summed E-state index contributed by atoms with van der Waals surface area (Å²) in [5.41, 5.74) is 2.41. The molecule has 2 aliphatic carbocycles. The van der Waals surface area contributed by atoms with Gasteiger partial charge in [-0.15, -0.1) is 0 Å². The highest BCUT2D eigenvalue weighted by atomic mass is 19.2. The molecular formula is C25H34F2O. The molecule has 0 N–H and O–H groups in total. The predicted molar refractivity (Wildman–Crippen MR) is 109 cm³/mol. The first-order valence-electron chi connectivity index (χ1n) is 11.3. The molecule has 1 atom stereocenters. The maximum Gasteiger partial charge on any atom is 0.162 e. The third-order valence-electron chi connectivity index (χ3n) is 7.69. The van der Waals surface area contributed by atoms with Crippen molar-refractivity contribution in [2.75, 3.05) is 0 Å². The van der Waals surface area contributed by atoms with E-state index < -0.39 is 11.6 Å². The Morgan fingerprint density at radius 3 is 2.14 bits per heavy atom. The lowest BCUT2D eigenvalue weighted by Gasteiger charge is -2.37. The zero-order valence-electron chi connectivity index (χ0n) is 17.4. The Labute approximate surface area is 168 Å². The van der Waals surface area contributed by atoms with Crippen LogP contribution in [0, 0.1) is 36.3 Å². The molecule has 1 aliphatic heterocycles. The molecule has 3 heteroatoms. The molecular weight excluding hydrogens is 354 g/mol. The normalized spacial score (nSPS) is 33.9. The number of rotatable bonds is 3. The number of aryl methyl sites for hydroxylation is 1. The molecule has 28 heavy (non-hydrogen) atoms.